The Hall–Kier alpha value is -2.82. The van der Waals surface area contributed by atoms with E-state index in [9.17, 15) is 9.59 Å². The summed E-state index contributed by atoms with van der Waals surface area (Å²) in [6.07, 6.45) is 1.25. The van der Waals surface area contributed by atoms with Gasteiger partial charge in [-0.05, 0) is 49.1 Å². The van der Waals surface area contributed by atoms with Crippen LogP contribution in [0.3, 0.4) is 0 Å². The number of anilines is 1. The maximum Gasteiger partial charge on any atom is 0.239 e. The van der Waals surface area contributed by atoms with Crippen molar-refractivity contribution >= 4 is 17.5 Å². The largest absolute Gasteiger partial charge is 0.360 e. The van der Waals surface area contributed by atoms with Gasteiger partial charge in [0.25, 0.3) is 0 Å². The maximum absolute atomic E-state index is 12.2. The summed E-state index contributed by atoms with van der Waals surface area (Å²) in [4.78, 5) is 25.7. The zero-order valence-corrected chi connectivity index (χ0v) is 16.0. The molecule has 0 radical (unpaired) electrons. The minimum Gasteiger partial charge on any atom is -0.360 e. The van der Waals surface area contributed by atoms with Gasteiger partial charge in [0.2, 0.25) is 11.8 Å². The second-order valence-corrected chi connectivity index (χ2v) is 7.14. The molecule has 0 unspecified atom stereocenters. The first-order chi connectivity index (χ1) is 13.0. The van der Waals surface area contributed by atoms with E-state index in [0.717, 1.165) is 24.2 Å². The number of carbonyl (C=O) groups excluding carboxylic acids is 2. The molecule has 0 atom stereocenters. The summed E-state index contributed by atoms with van der Waals surface area (Å²) < 4.78 is 0. The number of aryl methyl sites for hydroxylation is 3. The fourth-order valence-electron chi connectivity index (χ4n) is 3.35. The van der Waals surface area contributed by atoms with Crippen molar-refractivity contribution in [3.05, 3.63) is 64.7 Å². The van der Waals surface area contributed by atoms with Gasteiger partial charge in [-0.1, -0.05) is 35.9 Å². The number of piperazine rings is 1. The van der Waals surface area contributed by atoms with E-state index in [1.54, 1.807) is 0 Å². The number of nitrogens with one attached hydrogen (secondary N) is 2. The molecule has 5 heteroatoms. The van der Waals surface area contributed by atoms with Crippen LogP contribution in [0.25, 0.3) is 0 Å². The lowest BCUT2D eigenvalue weighted by atomic mass is 10.0. The molecule has 0 bridgehead atoms. The van der Waals surface area contributed by atoms with Crippen LogP contribution in [0.1, 0.15) is 28.7 Å². The van der Waals surface area contributed by atoms with E-state index in [2.05, 4.69) is 47.6 Å². The molecule has 142 valence electrons. The Morgan fingerprint density at radius 2 is 1.93 bits per heavy atom. The van der Waals surface area contributed by atoms with E-state index in [0.29, 0.717) is 26.1 Å². The molecule has 0 aliphatic carbocycles. The number of hydrogen-bond acceptors (Lipinski definition) is 3. The number of nitrogens with zero attached hydrogens (tertiary/aromatic N) is 1. The monoisotopic (exact) mass is 365 g/mol. The van der Waals surface area contributed by atoms with Gasteiger partial charge in [-0.2, -0.15) is 0 Å². The van der Waals surface area contributed by atoms with Crippen LogP contribution < -0.4 is 15.5 Å². The van der Waals surface area contributed by atoms with Gasteiger partial charge >= 0.3 is 0 Å². The highest BCUT2D eigenvalue weighted by atomic mass is 16.2. The van der Waals surface area contributed by atoms with Gasteiger partial charge in [0.1, 0.15) is 0 Å². The molecule has 1 fully saturated rings. The Bertz CT molecular complexity index is 815. The fraction of sp³-hybridized carbons (Fsp3) is 0.364. The molecule has 27 heavy (non-hydrogen) atoms. The molecule has 1 saturated heterocycles. The summed E-state index contributed by atoms with van der Waals surface area (Å²) in [5, 5.41) is 5.82. The third kappa shape index (κ3) is 5.33. The van der Waals surface area contributed by atoms with Gasteiger partial charge in [-0.25, -0.2) is 0 Å². The van der Waals surface area contributed by atoms with E-state index < -0.39 is 0 Å². The summed E-state index contributed by atoms with van der Waals surface area (Å²) in [6, 6.07) is 14.4. The topological polar surface area (TPSA) is 61.4 Å². The Morgan fingerprint density at radius 3 is 2.63 bits per heavy atom. The minimum absolute atomic E-state index is 0.0569. The quantitative estimate of drug-likeness (QED) is 0.827. The molecule has 0 spiro atoms. The number of hydrogen-bond donors (Lipinski definition) is 2. The van der Waals surface area contributed by atoms with Crippen LogP contribution in [-0.2, 0) is 22.6 Å². The molecule has 2 N–H and O–H groups in total. The zero-order valence-electron chi connectivity index (χ0n) is 16.0. The summed E-state index contributed by atoms with van der Waals surface area (Å²) in [5.41, 5.74) is 5.81. The standard InChI is InChI=1S/C22H27N3O2/c1-16-3-6-19(17(2)13-16)7-10-21(26)24-14-18-4-8-20(9-5-18)25-12-11-23-22(27)15-25/h3-6,8-9,13H,7,10-12,14-15H2,1-2H3,(H,23,27)(H,24,26). The second-order valence-electron chi connectivity index (χ2n) is 7.14. The molecule has 2 aromatic carbocycles. The molecule has 3 rings (SSSR count). The summed E-state index contributed by atoms with van der Waals surface area (Å²) >= 11 is 0. The average Bonchev–Trinajstić information content (AvgIpc) is 2.66. The Kier molecular flexibility index (Phi) is 6.12. The molecule has 0 saturated carbocycles. The lowest BCUT2D eigenvalue weighted by Crippen LogP contribution is -2.47. The first-order valence-corrected chi connectivity index (χ1v) is 9.45. The third-order valence-electron chi connectivity index (χ3n) is 4.95. The van der Waals surface area contributed by atoms with Crippen molar-refractivity contribution in [3.63, 3.8) is 0 Å². The molecule has 1 heterocycles. The molecular formula is C22H27N3O2. The summed E-state index contributed by atoms with van der Waals surface area (Å²) in [7, 11) is 0. The van der Waals surface area contributed by atoms with Crippen molar-refractivity contribution in [2.24, 2.45) is 0 Å². The van der Waals surface area contributed by atoms with E-state index in [1.165, 1.54) is 16.7 Å². The van der Waals surface area contributed by atoms with E-state index in [4.69, 9.17) is 0 Å². The van der Waals surface area contributed by atoms with Gasteiger partial charge in [0.05, 0.1) is 6.54 Å². The van der Waals surface area contributed by atoms with E-state index in [1.807, 2.05) is 24.3 Å². The smallest absolute Gasteiger partial charge is 0.239 e. The first-order valence-electron chi connectivity index (χ1n) is 9.45. The van der Waals surface area contributed by atoms with Gasteiger partial charge in [0.15, 0.2) is 0 Å². The highest BCUT2D eigenvalue weighted by Gasteiger charge is 2.16. The van der Waals surface area contributed by atoms with E-state index in [-0.39, 0.29) is 11.8 Å². The van der Waals surface area contributed by atoms with Crippen molar-refractivity contribution in [3.8, 4) is 0 Å². The average molecular weight is 365 g/mol. The predicted molar refractivity (Wildman–Crippen MR) is 108 cm³/mol. The zero-order chi connectivity index (χ0) is 19.2. The molecule has 2 aromatic rings. The number of rotatable bonds is 6. The van der Waals surface area contributed by atoms with Crippen LogP contribution in [0.2, 0.25) is 0 Å². The van der Waals surface area contributed by atoms with Crippen LogP contribution in [0.5, 0.6) is 0 Å². The second kappa shape index (κ2) is 8.71. The SMILES string of the molecule is Cc1ccc(CCC(=O)NCc2ccc(N3CCNC(=O)C3)cc2)c(C)c1. The minimum atomic E-state index is 0.0569. The highest BCUT2D eigenvalue weighted by Crippen LogP contribution is 2.16. The van der Waals surface area contributed by atoms with Crippen molar-refractivity contribution in [1.29, 1.82) is 0 Å². The predicted octanol–water partition coefficient (Wildman–Crippen LogP) is 2.49. The van der Waals surface area contributed by atoms with Crippen LogP contribution in [0.4, 0.5) is 5.69 Å². The van der Waals surface area contributed by atoms with Gasteiger partial charge < -0.3 is 15.5 Å². The van der Waals surface area contributed by atoms with Crippen molar-refractivity contribution in [2.75, 3.05) is 24.5 Å². The van der Waals surface area contributed by atoms with Crippen molar-refractivity contribution in [1.82, 2.24) is 10.6 Å². The fourth-order valence-corrected chi connectivity index (χ4v) is 3.35. The summed E-state index contributed by atoms with van der Waals surface area (Å²) in [5.74, 6) is 0.119. The van der Waals surface area contributed by atoms with Crippen LogP contribution in [0, 0.1) is 13.8 Å². The Balaban J connectivity index is 1.46. The lowest BCUT2D eigenvalue weighted by molar-refractivity contribution is -0.121. The maximum atomic E-state index is 12.2. The molecular weight excluding hydrogens is 338 g/mol. The Morgan fingerprint density at radius 1 is 1.15 bits per heavy atom. The molecule has 2 amide bonds. The van der Waals surface area contributed by atoms with Gasteiger partial charge in [-0.15, -0.1) is 0 Å². The molecule has 1 aliphatic heterocycles. The molecule has 0 aromatic heterocycles. The number of carbonyl (C=O) groups is 2. The van der Waals surface area contributed by atoms with Crippen LogP contribution >= 0.6 is 0 Å². The number of amides is 2. The first kappa shape index (κ1) is 19.0. The third-order valence-corrected chi connectivity index (χ3v) is 4.95. The van der Waals surface area contributed by atoms with E-state index >= 15 is 0 Å². The normalized spacial score (nSPS) is 14.0. The van der Waals surface area contributed by atoms with Crippen molar-refractivity contribution in [2.45, 2.75) is 33.2 Å². The van der Waals surface area contributed by atoms with Crippen LogP contribution in [0.15, 0.2) is 42.5 Å². The van der Waals surface area contributed by atoms with Crippen LogP contribution in [-0.4, -0.2) is 31.4 Å². The molecule has 1 aliphatic rings. The lowest BCUT2D eigenvalue weighted by Gasteiger charge is -2.28. The Labute approximate surface area is 160 Å². The van der Waals surface area contributed by atoms with Crippen molar-refractivity contribution < 1.29 is 9.59 Å². The highest BCUT2D eigenvalue weighted by molar-refractivity contribution is 5.82. The van der Waals surface area contributed by atoms with Gasteiger partial charge in [-0.3, -0.25) is 9.59 Å². The summed E-state index contributed by atoms with van der Waals surface area (Å²) in [6.45, 7) is 6.58. The molecule has 5 nitrogen and oxygen atoms in total. The van der Waals surface area contributed by atoms with Gasteiger partial charge in [0, 0.05) is 31.7 Å². The number of benzene rings is 2.